The first-order valence-corrected chi connectivity index (χ1v) is 8.93. The van der Waals surface area contributed by atoms with Crippen LogP contribution in [-0.4, -0.2) is 24.0 Å². The van der Waals surface area contributed by atoms with Crippen LogP contribution in [0.5, 0.6) is 0 Å². The number of carbonyl (C=O) groups excluding carboxylic acids is 2. The van der Waals surface area contributed by atoms with Gasteiger partial charge in [-0.2, -0.15) is 0 Å². The molecule has 0 unspecified atom stereocenters. The number of carbonyl (C=O) groups is 2. The first-order valence-electron chi connectivity index (χ1n) is 8.93. The van der Waals surface area contributed by atoms with Crippen LogP contribution in [0.4, 0.5) is 0 Å². The summed E-state index contributed by atoms with van der Waals surface area (Å²) in [6.45, 7) is 7.86. The lowest BCUT2D eigenvalue weighted by atomic mass is 9.86. The van der Waals surface area contributed by atoms with Crippen molar-refractivity contribution in [2.75, 3.05) is 0 Å². The highest BCUT2D eigenvalue weighted by atomic mass is 16.5. The summed E-state index contributed by atoms with van der Waals surface area (Å²) in [4.78, 5) is 24.3. The summed E-state index contributed by atoms with van der Waals surface area (Å²) in [5.74, 6) is -0.0686. The van der Waals surface area contributed by atoms with E-state index in [1.165, 1.54) is 12.0 Å². The smallest absolute Gasteiger partial charge is 0.311 e. The van der Waals surface area contributed by atoms with Gasteiger partial charge in [0.1, 0.15) is 0 Å². The van der Waals surface area contributed by atoms with Crippen molar-refractivity contribution in [1.82, 2.24) is 5.32 Å². The van der Waals surface area contributed by atoms with Crippen molar-refractivity contribution in [3.8, 4) is 0 Å². The molecule has 0 saturated heterocycles. The molecule has 1 N–H and O–H groups in total. The lowest BCUT2D eigenvalue weighted by molar-refractivity contribution is -0.154. The Labute approximate surface area is 145 Å². The van der Waals surface area contributed by atoms with Crippen LogP contribution in [0.1, 0.15) is 56.2 Å². The molecule has 1 aliphatic carbocycles. The van der Waals surface area contributed by atoms with E-state index in [9.17, 15) is 9.59 Å². The summed E-state index contributed by atoms with van der Waals surface area (Å²) in [6, 6.07) is 6.12. The summed E-state index contributed by atoms with van der Waals surface area (Å²) in [7, 11) is 0. The molecular weight excluding hydrogens is 302 g/mol. The molecule has 0 bridgehead atoms. The lowest BCUT2D eigenvalue weighted by Crippen LogP contribution is -2.46. The minimum absolute atomic E-state index is 0.192. The van der Waals surface area contributed by atoms with Gasteiger partial charge in [-0.25, -0.2) is 0 Å². The van der Waals surface area contributed by atoms with Crippen LogP contribution in [0.15, 0.2) is 18.2 Å². The van der Waals surface area contributed by atoms with Crippen LogP contribution >= 0.6 is 0 Å². The Hall–Kier alpha value is -1.84. The van der Waals surface area contributed by atoms with Gasteiger partial charge in [0.25, 0.3) is 5.91 Å². The van der Waals surface area contributed by atoms with Crippen LogP contribution < -0.4 is 5.32 Å². The van der Waals surface area contributed by atoms with E-state index in [1.807, 2.05) is 32.0 Å². The maximum Gasteiger partial charge on any atom is 0.311 e. The van der Waals surface area contributed by atoms with Crippen LogP contribution in [0, 0.1) is 19.8 Å². The summed E-state index contributed by atoms with van der Waals surface area (Å²) in [5, 5.41) is 3.04. The van der Waals surface area contributed by atoms with Crippen molar-refractivity contribution in [3.05, 3.63) is 34.9 Å². The fraction of sp³-hybridized carbons (Fsp3) is 0.600. The van der Waals surface area contributed by atoms with Crippen molar-refractivity contribution in [3.63, 3.8) is 0 Å². The molecule has 132 valence electrons. The van der Waals surface area contributed by atoms with E-state index in [2.05, 4.69) is 12.2 Å². The van der Waals surface area contributed by atoms with Crippen molar-refractivity contribution in [2.45, 2.75) is 71.9 Å². The molecule has 0 heterocycles. The third kappa shape index (κ3) is 5.08. The predicted octanol–water partition coefficient (Wildman–Crippen LogP) is 3.47. The van der Waals surface area contributed by atoms with Crippen molar-refractivity contribution < 1.29 is 14.3 Å². The van der Waals surface area contributed by atoms with Gasteiger partial charge < -0.3 is 10.1 Å². The van der Waals surface area contributed by atoms with E-state index in [1.54, 1.807) is 6.92 Å². The molecule has 1 saturated carbocycles. The van der Waals surface area contributed by atoms with Gasteiger partial charge >= 0.3 is 5.97 Å². The number of hydrogen-bond donors (Lipinski definition) is 1. The molecule has 0 radical (unpaired) electrons. The van der Waals surface area contributed by atoms with Crippen molar-refractivity contribution in [1.29, 1.82) is 0 Å². The highest BCUT2D eigenvalue weighted by Crippen LogP contribution is 2.23. The van der Waals surface area contributed by atoms with E-state index in [0.29, 0.717) is 5.92 Å². The normalized spacial score (nSPS) is 21.8. The Kier molecular flexibility index (Phi) is 6.41. The number of aryl methyl sites for hydroxylation is 2. The molecule has 4 heteroatoms. The first-order chi connectivity index (χ1) is 11.4. The fourth-order valence-corrected chi connectivity index (χ4v) is 3.20. The van der Waals surface area contributed by atoms with E-state index in [4.69, 9.17) is 4.74 Å². The lowest BCUT2D eigenvalue weighted by Gasteiger charge is -2.30. The van der Waals surface area contributed by atoms with Gasteiger partial charge in [0.05, 0.1) is 6.42 Å². The summed E-state index contributed by atoms with van der Waals surface area (Å²) in [5.41, 5.74) is 3.26. The Morgan fingerprint density at radius 2 is 1.92 bits per heavy atom. The third-order valence-corrected chi connectivity index (χ3v) is 5.04. The van der Waals surface area contributed by atoms with Gasteiger partial charge in [-0.05, 0) is 56.2 Å². The summed E-state index contributed by atoms with van der Waals surface area (Å²) < 4.78 is 5.31. The number of nitrogens with one attached hydrogen (secondary N) is 1. The topological polar surface area (TPSA) is 55.4 Å². The van der Waals surface area contributed by atoms with E-state index in [0.717, 1.165) is 30.4 Å². The predicted molar refractivity (Wildman–Crippen MR) is 94.7 cm³/mol. The maximum atomic E-state index is 12.3. The Morgan fingerprint density at radius 1 is 1.21 bits per heavy atom. The minimum Gasteiger partial charge on any atom is -0.452 e. The molecule has 2 rings (SSSR count). The minimum atomic E-state index is -0.752. The van der Waals surface area contributed by atoms with Gasteiger partial charge in [0.2, 0.25) is 0 Å². The second-order valence-corrected chi connectivity index (χ2v) is 7.10. The zero-order chi connectivity index (χ0) is 17.7. The van der Waals surface area contributed by atoms with Gasteiger partial charge in [-0.1, -0.05) is 38.0 Å². The fourth-order valence-electron chi connectivity index (χ4n) is 3.20. The van der Waals surface area contributed by atoms with E-state index < -0.39 is 6.10 Å². The summed E-state index contributed by atoms with van der Waals surface area (Å²) in [6.07, 6.45) is 3.98. The molecule has 24 heavy (non-hydrogen) atoms. The number of hydrogen-bond acceptors (Lipinski definition) is 3. The van der Waals surface area contributed by atoms with E-state index >= 15 is 0 Å². The number of benzene rings is 1. The SMILES string of the molecule is Cc1ccc(CC(=O)O[C@@H](C)C(=O)N[C@@H]2CCCC[C@@H]2C)cc1C. The average Bonchev–Trinajstić information content (AvgIpc) is 2.53. The molecule has 1 amide bonds. The summed E-state index contributed by atoms with van der Waals surface area (Å²) >= 11 is 0. The molecule has 1 fully saturated rings. The molecule has 0 aromatic heterocycles. The molecule has 1 aliphatic rings. The largest absolute Gasteiger partial charge is 0.452 e. The van der Waals surface area contributed by atoms with Crippen LogP contribution in [0.3, 0.4) is 0 Å². The van der Waals surface area contributed by atoms with Gasteiger partial charge in [0, 0.05) is 6.04 Å². The molecule has 0 spiro atoms. The Bertz CT molecular complexity index is 597. The highest BCUT2D eigenvalue weighted by molar-refractivity contribution is 5.84. The second kappa shape index (κ2) is 8.32. The molecule has 4 nitrogen and oxygen atoms in total. The van der Waals surface area contributed by atoms with Gasteiger partial charge in [-0.15, -0.1) is 0 Å². The average molecular weight is 331 g/mol. The number of amides is 1. The first kappa shape index (κ1) is 18.5. The van der Waals surface area contributed by atoms with Crippen LogP contribution in [-0.2, 0) is 20.7 Å². The molecule has 1 aromatic rings. The zero-order valence-corrected chi connectivity index (χ0v) is 15.2. The van der Waals surface area contributed by atoms with Crippen molar-refractivity contribution >= 4 is 11.9 Å². The standard InChI is InChI=1S/C20H29NO3/c1-13-9-10-17(11-15(13)3)12-19(22)24-16(4)20(23)21-18-8-6-5-7-14(18)2/h9-11,14,16,18H,5-8,12H2,1-4H3,(H,21,23)/t14-,16-,18+/m0/s1. The maximum absolute atomic E-state index is 12.3. The Balaban J connectivity index is 1.83. The molecule has 1 aromatic carbocycles. The van der Waals surface area contributed by atoms with E-state index in [-0.39, 0.29) is 24.3 Å². The number of rotatable bonds is 5. The Morgan fingerprint density at radius 3 is 2.58 bits per heavy atom. The second-order valence-electron chi connectivity index (χ2n) is 7.10. The number of esters is 1. The van der Waals surface area contributed by atoms with Gasteiger partial charge in [-0.3, -0.25) is 9.59 Å². The zero-order valence-electron chi connectivity index (χ0n) is 15.2. The highest BCUT2D eigenvalue weighted by Gasteiger charge is 2.26. The van der Waals surface area contributed by atoms with Crippen molar-refractivity contribution in [2.24, 2.45) is 5.92 Å². The molecule has 3 atom stereocenters. The molecular formula is C20H29NO3. The van der Waals surface area contributed by atoms with Crippen LogP contribution in [0.2, 0.25) is 0 Å². The molecule has 0 aliphatic heterocycles. The third-order valence-electron chi connectivity index (χ3n) is 5.04. The van der Waals surface area contributed by atoms with Crippen LogP contribution in [0.25, 0.3) is 0 Å². The number of ether oxygens (including phenoxy) is 1. The monoisotopic (exact) mass is 331 g/mol. The van der Waals surface area contributed by atoms with Gasteiger partial charge in [0.15, 0.2) is 6.10 Å². The quantitative estimate of drug-likeness (QED) is 0.841.